The second-order valence-corrected chi connectivity index (χ2v) is 7.79. The molecule has 0 aromatic carbocycles. The summed E-state index contributed by atoms with van der Waals surface area (Å²) in [7, 11) is 0. The SMILES string of the molecule is CC1(C)CC(N)CC(C)(C)N1C(=O)/C=C/c1cccs1. The molecule has 0 saturated carbocycles. The van der Waals surface area contributed by atoms with E-state index in [0.717, 1.165) is 17.7 Å². The molecule has 20 heavy (non-hydrogen) atoms. The first-order chi connectivity index (χ1) is 9.22. The Morgan fingerprint density at radius 1 is 1.35 bits per heavy atom. The summed E-state index contributed by atoms with van der Waals surface area (Å²) < 4.78 is 0. The maximum Gasteiger partial charge on any atom is 0.247 e. The minimum atomic E-state index is -0.210. The fraction of sp³-hybridized carbons (Fsp3) is 0.562. The summed E-state index contributed by atoms with van der Waals surface area (Å²) >= 11 is 1.63. The lowest BCUT2D eigenvalue weighted by Crippen LogP contribution is -2.64. The first kappa shape index (κ1) is 15.3. The minimum absolute atomic E-state index is 0.0697. The van der Waals surface area contributed by atoms with E-state index in [4.69, 9.17) is 5.73 Å². The third-order valence-corrected chi connectivity index (χ3v) is 4.73. The number of carbonyl (C=O) groups excluding carboxylic acids is 1. The van der Waals surface area contributed by atoms with Crippen molar-refractivity contribution in [1.82, 2.24) is 4.90 Å². The van der Waals surface area contributed by atoms with Gasteiger partial charge in [0.25, 0.3) is 0 Å². The molecule has 0 spiro atoms. The van der Waals surface area contributed by atoms with E-state index >= 15 is 0 Å². The lowest BCUT2D eigenvalue weighted by molar-refractivity contribution is -0.143. The fourth-order valence-corrected chi connectivity index (χ4v) is 4.19. The highest BCUT2D eigenvalue weighted by Crippen LogP contribution is 2.38. The van der Waals surface area contributed by atoms with E-state index in [1.54, 1.807) is 17.4 Å². The fourth-order valence-electron chi connectivity index (χ4n) is 3.57. The number of likely N-dealkylation sites (tertiary alicyclic amines) is 1. The summed E-state index contributed by atoms with van der Waals surface area (Å²) in [6, 6.07) is 4.16. The molecular weight excluding hydrogens is 268 g/mol. The van der Waals surface area contributed by atoms with Crippen molar-refractivity contribution in [2.75, 3.05) is 0 Å². The number of carbonyl (C=O) groups is 1. The van der Waals surface area contributed by atoms with Gasteiger partial charge in [0.2, 0.25) is 5.91 Å². The van der Waals surface area contributed by atoms with Gasteiger partial charge in [-0.1, -0.05) is 6.07 Å². The summed E-state index contributed by atoms with van der Waals surface area (Å²) in [5.74, 6) is 0.0697. The Bertz CT molecular complexity index is 485. The van der Waals surface area contributed by atoms with Crippen LogP contribution in [-0.2, 0) is 4.79 Å². The van der Waals surface area contributed by atoms with Crippen molar-refractivity contribution in [3.8, 4) is 0 Å². The molecule has 2 N–H and O–H groups in total. The Balaban J connectivity index is 2.22. The van der Waals surface area contributed by atoms with Crippen molar-refractivity contribution in [3.05, 3.63) is 28.5 Å². The molecule has 1 saturated heterocycles. The van der Waals surface area contributed by atoms with Crippen LogP contribution in [0.2, 0.25) is 0 Å². The maximum atomic E-state index is 12.6. The average molecular weight is 292 g/mol. The molecule has 0 atom stereocenters. The van der Waals surface area contributed by atoms with E-state index in [0.29, 0.717) is 0 Å². The number of hydrogen-bond donors (Lipinski definition) is 1. The van der Waals surface area contributed by atoms with Crippen molar-refractivity contribution in [1.29, 1.82) is 0 Å². The van der Waals surface area contributed by atoms with Crippen LogP contribution in [0.1, 0.15) is 45.4 Å². The van der Waals surface area contributed by atoms with Gasteiger partial charge in [-0.2, -0.15) is 0 Å². The third-order valence-electron chi connectivity index (χ3n) is 3.89. The number of nitrogens with two attached hydrogens (primary N) is 1. The van der Waals surface area contributed by atoms with Gasteiger partial charge in [-0.25, -0.2) is 0 Å². The van der Waals surface area contributed by atoms with Gasteiger partial charge in [0.05, 0.1) is 0 Å². The number of nitrogens with zero attached hydrogens (tertiary/aromatic N) is 1. The number of hydrogen-bond acceptors (Lipinski definition) is 3. The molecule has 1 aromatic rings. The zero-order valence-corrected chi connectivity index (χ0v) is 13.5. The molecule has 2 heterocycles. The van der Waals surface area contributed by atoms with Gasteiger partial charge < -0.3 is 10.6 Å². The van der Waals surface area contributed by atoms with Gasteiger partial charge >= 0.3 is 0 Å². The minimum Gasteiger partial charge on any atom is -0.329 e. The van der Waals surface area contributed by atoms with Crippen molar-refractivity contribution >= 4 is 23.3 Å². The number of piperidine rings is 1. The molecule has 0 aliphatic carbocycles. The number of rotatable bonds is 2. The Labute approximate surface area is 125 Å². The second kappa shape index (κ2) is 5.34. The monoisotopic (exact) mass is 292 g/mol. The average Bonchev–Trinajstić information content (AvgIpc) is 2.74. The highest BCUT2D eigenvalue weighted by Gasteiger charge is 2.46. The molecule has 0 bridgehead atoms. The lowest BCUT2D eigenvalue weighted by atomic mass is 9.77. The van der Waals surface area contributed by atoms with Gasteiger partial charge in [0, 0.05) is 28.1 Å². The van der Waals surface area contributed by atoms with Crippen LogP contribution in [0.25, 0.3) is 6.08 Å². The summed E-state index contributed by atoms with van der Waals surface area (Å²) in [6.07, 6.45) is 5.27. The summed E-state index contributed by atoms with van der Waals surface area (Å²) in [5.41, 5.74) is 5.72. The van der Waals surface area contributed by atoms with Crippen LogP contribution in [-0.4, -0.2) is 27.9 Å². The Kier molecular flexibility index (Phi) is 4.07. The predicted molar refractivity (Wildman–Crippen MR) is 85.6 cm³/mol. The Hall–Kier alpha value is -1.13. The quantitative estimate of drug-likeness (QED) is 0.850. The van der Waals surface area contributed by atoms with Gasteiger partial charge in [0.15, 0.2) is 0 Å². The third kappa shape index (κ3) is 3.13. The highest BCUT2D eigenvalue weighted by molar-refractivity contribution is 7.10. The van der Waals surface area contributed by atoms with E-state index in [9.17, 15) is 4.79 Å². The molecule has 1 aromatic heterocycles. The molecule has 1 fully saturated rings. The van der Waals surface area contributed by atoms with Crippen LogP contribution < -0.4 is 5.73 Å². The standard InChI is InChI=1S/C16H24N2OS/c1-15(2)10-12(17)11-16(3,4)18(15)14(19)8-7-13-6-5-9-20-13/h5-9,12H,10-11,17H2,1-4H3/b8-7+. The second-order valence-electron chi connectivity index (χ2n) is 6.82. The smallest absolute Gasteiger partial charge is 0.247 e. The largest absolute Gasteiger partial charge is 0.329 e. The molecule has 3 nitrogen and oxygen atoms in total. The van der Waals surface area contributed by atoms with E-state index in [1.165, 1.54) is 0 Å². The first-order valence-electron chi connectivity index (χ1n) is 7.04. The molecule has 4 heteroatoms. The zero-order chi connectivity index (χ0) is 15.0. The van der Waals surface area contributed by atoms with Gasteiger partial charge in [-0.15, -0.1) is 11.3 Å². The van der Waals surface area contributed by atoms with Crippen LogP contribution >= 0.6 is 11.3 Å². The summed E-state index contributed by atoms with van der Waals surface area (Å²) in [5, 5.41) is 2.01. The maximum absolute atomic E-state index is 12.6. The molecule has 0 unspecified atom stereocenters. The van der Waals surface area contributed by atoms with Crippen molar-refractivity contribution in [2.24, 2.45) is 5.73 Å². The normalized spacial score (nSPS) is 22.4. The molecule has 2 rings (SSSR count). The molecule has 1 aliphatic heterocycles. The lowest BCUT2D eigenvalue weighted by Gasteiger charge is -2.54. The summed E-state index contributed by atoms with van der Waals surface area (Å²) in [6.45, 7) is 8.41. The van der Waals surface area contributed by atoms with Crippen LogP contribution in [0.3, 0.4) is 0 Å². The van der Waals surface area contributed by atoms with Crippen molar-refractivity contribution in [3.63, 3.8) is 0 Å². The van der Waals surface area contributed by atoms with E-state index in [1.807, 2.05) is 28.5 Å². The van der Waals surface area contributed by atoms with Crippen LogP contribution in [0, 0.1) is 0 Å². The predicted octanol–water partition coefficient (Wildman–Crippen LogP) is 3.27. The first-order valence-corrected chi connectivity index (χ1v) is 7.92. The van der Waals surface area contributed by atoms with Gasteiger partial charge in [-0.05, 0) is 58.1 Å². The molecule has 1 amide bonds. The van der Waals surface area contributed by atoms with Crippen molar-refractivity contribution in [2.45, 2.75) is 57.7 Å². The number of thiophene rings is 1. The van der Waals surface area contributed by atoms with Crippen LogP contribution in [0.15, 0.2) is 23.6 Å². The molecular formula is C16H24N2OS. The zero-order valence-electron chi connectivity index (χ0n) is 12.7. The molecule has 110 valence electrons. The Morgan fingerprint density at radius 2 is 1.95 bits per heavy atom. The van der Waals surface area contributed by atoms with E-state index < -0.39 is 0 Å². The molecule has 1 aliphatic rings. The van der Waals surface area contributed by atoms with E-state index in [2.05, 4.69) is 27.7 Å². The topological polar surface area (TPSA) is 46.3 Å². The van der Waals surface area contributed by atoms with Crippen molar-refractivity contribution < 1.29 is 4.79 Å². The van der Waals surface area contributed by atoms with Gasteiger partial charge in [-0.3, -0.25) is 4.79 Å². The Morgan fingerprint density at radius 3 is 2.45 bits per heavy atom. The number of amides is 1. The summed E-state index contributed by atoms with van der Waals surface area (Å²) in [4.78, 5) is 15.7. The van der Waals surface area contributed by atoms with E-state index in [-0.39, 0.29) is 23.0 Å². The highest BCUT2D eigenvalue weighted by atomic mass is 32.1. The van der Waals surface area contributed by atoms with Crippen LogP contribution in [0.5, 0.6) is 0 Å². The van der Waals surface area contributed by atoms with Crippen LogP contribution in [0.4, 0.5) is 0 Å². The van der Waals surface area contributed by atoms with Gasteiger partial charge in [0.1, 0.15) is 0 Å². The molecule has 0 radical (unpaired) electrons.